The second-order valence-electron chi connectivity index (χ2n) is 5.56. The molecule has 4 rings (SSSR count). The van der Waals surface area contributed by atoms with E-state index in [0.29, 0.717) is 0 Å². The highest BCUT2D eigenvalue weighted by atomic mass is 19.1. The van der Waals surface area contributed by atoms with Gasteiger partial charge in [0, 0.05) is 6.04 Å². The van der Waals surface area contributed by atoms with Gasteiger partial charge >= 0.3 is 0 Å². The molecule has 19 heavy (non-hydrogen) atoms. The lowest BCUT2D eigenvalue weighted by Crippen LogP contribution is -2.41. The zero-order valence-electron chi connectivity index (χ0n) is 10.5. The Kier molecular flexibility index (Phi) is 2.00. The Balaban J connectivity index is 2.03. The van der Waals surface area contributed by atoms with E-state index in [-0.39, 0.29) is 17.7 Å². The molecular formula is C16H13F2N. The van der Waals surface area contributed by atoms with Gasteiger partial charge in [-0.3, -0.25) is 5.32 Å². The molecule has 96 valence electrons. The molecule has 0 aromatic heterocycles. The molecule has 0 saturated heterocycles. The Bertz CT molecular complexity index is 679. The minimum atomic E-state index is -0.488. The first-order chi connectivity index (χ1) is 9.08. The topological polar surface area (TPSA) is 12.0 Å². The Morgan fingerprint density at radius 2 is 1.74 bits per heavy atom. The maximum Gasteiger partial charge on any atom is 0.123 e. The zero-order valence-corrected chi connectivity index (χ0v) is 10.5. The number of halogens is 2. The van der Waals surface area contributed by atoms with E-state index in [1.807, 2.05) is 19.1 Å². The Hall–Kier alpha value is -1.74. The summed E-state index contributed by atoms with van der Waals surface area (Å²) in [6, 6.07) is 10.0. The van der Waals surface area contributed by atoms with E-state index < -0.39 is 5.54 Å². The summed E-state index contributed by atoms with van der Waals surface area (Å²) in [6.07, 6.45) is 0.823. The second kappa shape index (κ2) is 3.42. The van der Waals surface area contributed by atoms with Gasteiger partial charge in [-0.05, 0) is 59.9 Å². The van der Waals surface area contributed by atoms with Crippen LogP contribution < -0.4 is 5.32 Å². The lowest BCUT2D eigenvalue weighted by atomic mass is 9.82. The molecule has 2 unspecified atom stereocenters. The third-order valence-electron chi connectivity index (χ3n) is 4.43. The average Bonchev–Trinajstić information content (AvgIpc) is 2.61. The molecule has 0 radical (unpaired) electrons. The van der Waals surface area contributed by atoms with Gasteiger partial charge in [-0.25, -0.2) is 8.78 Å². The molecular weight excluding hydrogens is 244 g/mol. The molecule has 1 nitrogen and oxygen atoms in total. The molecule has 0 spiro atoms. The van der Waals surface area contributed by atoms with Gasteiger partial charge < -0.3 is 0 Å². The van der Waals surface area contributed by atoms with Crippen LogP contribution in [0, 0.1) is 11.6 Å². The standard InChI is InChI=1S/C16H13F2N/c1-16-13-7-10(17)3-2-9(13)6-15(19-16)12-5-4-11(18)8-14(12)16/h2-5,7-8,15,19H,6H2,1H3. The lowest BCUT2D eigenvalue weighted by Gasteiger charge is -2.34. The molecule has 2 aliphatic rings. The number of benzene rings is 2. The number of rotatable bonds is 0. The first-order valence-electron chi connectivity index (χ1n) is 6.44. The molecule has 2 aromatic carbocycles. The van der Waals surface area contributed by atoms with E-state index >= 15 is 0 Å². The van der Waals surface area contributed by atoms with Gasteiger partial charge in [0.15, 0.2) is 0 Å². The molecule has 2 atom stereocenters. The van der Waals surface area contributed by atoms with Crippen LogP contribution in [0.4, 0.5) is 8.78 Å². The summed E-state index contributed by atoms with van der Waals surface area (Å²) >= 11 is 0. The molecule has 3 heteroatoms. The molecule has 2 aliphatic heterocycles. The highest BCUT2D eigenvalue weighted by Crippen LogP contribution is 2.48. The SMILES string of the molecule is CC12NC(Cc3ccc(F)cc31)c1ccc(F)cc12. The normalized spacial score (nSPS) is 27.0. The van der Waals surface area contributed by atoms with Crippen LogP contribution in [0.15, 0.2) is 36.4 Å². The van der Waals surface area contributed by atoms with Gasteiger partial charge in [-0.2, -0.15) is 0 Å². The van der Waals surface area contributed by atoms with Crippen molar-refractivity contribution in [2.75, 3.05) is 0 Å². The highest BCUT2D eigenvalue weighted by Gasteiger charge is 2.45. The van der Waals surface area contributed by atoms with E-state index in [9.17, 15) is 8.78 Å². The van der Waals surface area contributed by atoms with Gasteiger partial charge in [-0.15, -0.1) is 0 Å². The van der Waals surface area contributed by atoms with E-state index in [1.165, 1.54) is 12.1 Å². The molecule has 0 fully saturated rings. The van der Waals surface area contributed by atoms with E-state index in [1.54, 1.807) is 12.1 Å². The summed E-state index contributed by atoms with van der Waals surface area (Å²) in [5.41, 5.74) is 3.64. The summed E-state index contributed by atoms with van der Waals surface area (Å²) in [5.74, 6) is -0.489. The van der Waals surface area contributed by atoms with Crippen molar-refractivity contribution in [3.05, 3.63) is 70.3 Å². The summed E-state index contributed by atoms with van der Waals surface area (Å²) in [5, 5.41) is 3.51. The van der Waals surface area contributed by atoms with Crippen LogP contribution in [0.1, 0.15) is 35.2 Å². The van der Waals surface area contributed by atoms with Crippen molar-refractivity contribution in [2.24, 2.45) is 0 Å². The maximum atomic E-state index is 13.5. The van der Waals surface area contributed by atoms with E-state index in [4.69, 9.17) is 0 Å². The van der Waals surface area contributed by atoms with Crippen LogP contribution in [0.2, 0.25) is 0 Å². The van der Waals surface area contributed by atoms with Gasteiger partial charge in [0.05, 0.1) is 5.54 Å². The average molecular weight is 257 g/mol. The van der Waals surface area contributed by atoms with Crippen LogP contribution >= 0.6 is 0 Å². The number of nitrogens with one attached hydrogen (secondary N) is 1. The van der Waals surface area contributed by atoms with Gasteiger partial charge in [0.2, 0.25) is 0 Å². The van der Waals surface area contributed by atoms with Crippen LogP contribution in [-0.4, -0.2) is 0 Å². The number of fused-ring (bicyclic) bond motifs is 7. The third-order valence-corrected chi connectivity index (χ3v) is 4.43. The van der Waals surface area contributed by atoms with Crippen molar-refractivity contribution in [1.82, 2.24) is 5.32 Å². The van der Waals surface area contributed by atoms with Crippen molar-refractivity contribution < 1.29 is 8.78 Å². The zero-order chi connectivity index (χ0) is 13.2. The summed E-state index contributed by atoms with van der Waals surface area (Å²) in [6.45, 7) is 2.00. The van der Waals surface area contributed by atoms with Crippen LogP contribution in [0.5, 0.6) is 0 Å². The molecule has 0 amide bonds. The lowest BCUT2D eigenvalue weighted by molar-refractivity contribution is 0.386. The van der Waals surface area contributed by atoms with Crippen molar-refractivity contribution in [2.45, 2.75) is 24.9 Å². The quantitative estimate of drug-likeness (QED) is 0.762. The minimum absolute atomic E-state index is 0.193. The van der Waals surface area contributed by atoms with Crippen molar-refractivity contribution in [3.63, 3.8) is 0 Å². The van der Waals surface area contributed by atoms with Crippen molar-refractivity contribution >= 4 is 0 Å². The third kappa shape index (κ3) is 1.36. The largest absolute Gasteiger partial charge is 0.297 e. The molecule has 2 bridgehead atoms. The summed E-state index contributed by atoms with van der Waals surface area (Å²) in [4.78, 5) is 0. The fourth-order valence-corrected chi connectivity index (χ4v) is 3.57. The number of hydrogen-bond donors (Lipinski definition) is 1. The minimum Gasteiger partial charge on any atom is -0.297 e. The number of hydrogen-bond acceptors (Lipinski definition) is 1. The van der Waals surface area contributed by atoms with Gasteiger partial charge in [0.1, 0.15) is 11.6 Å². The fraction of sp³-hybridized carbons (Fsp3) is 0.250. The fourth-order valence-electron chi connectivity index (χ4n) is 3.57. The summed E-state index contributed by atoms with van der Waals surface area (Å²) < 4.78 is 27.1. The Labute approximate surface area is 110 Å². The first-order valence-corrected chi connectivity index (χ1v) is 6.44. The van der Waals surface area contributed by atoms with E-state index in [2.05, 4.69) is 5.32 Å². The van der Waals surface area contributed by atoms with Crippen LogP contribution in [0.25, 0.3) is 0 Å². The van der Waals surface area contributed by atoms with Gasteiger partial charge in [-0.1, -0.05) is 12.1 Å². The van der Waals surface area contributed by atoms with E-state index in [0.717, 1.165) is 28.7 Å². The summed E-state index contributed by atoms with van der Waals surface area (Å²) in [7, 11) is 0. The monoisotopic (exact) mass is 257 g/mol. The maximum absolute atomic E-state index is 13.5. The van der Waals surface area contributed by atoms with Crippen molar-refractivity contribution in [1.29, 1.82) is 0 Å². The van der Waals surface area contributed by atoms with Crippen molar-refractivity contribution in [3.8, 4) is 0 Å². The molecule has 1 N–H and O–H groups in total. The smallest absolute Gasteiger partial charge is 0.123 e. The Morgan fingerprint density at radius 3 is 2.53 bits per heavy atom. The highest BCUT2D eigenvalue weighted by molar-refractivity contribution is 5.54. The molecule has 0 saturated carbocycles. The Morgan fingerprint density at radius 1 is 1.05 bits per heavy atom. The predicted molar refractivity (Wildman–Crippen MR) is 68.8 cm³/mol. The molecule has 0 aliphatic carbocycles. The van der Waals surface area contributed by atoms with Gasteiger partial charge in [0.25, 0.3) is 0 Å². The molecule has 2 heterocycles. The first kappa shape index (κ1) is 11.1. The second-order valence-corrected chi connectivity index (χ2v) is 5.56. The predicted octanol–water partition coefficient (Wildman–Crippen LogP) is 3.43. The molecule has 2 aromatic rings. The van der Waals surface area contributed by atoms with Crippen LogP contribution in [-0.2, 0) is 12.0 Å². The van der Waals surface area contributed by atoms with Crippen LogP contribution in [0.3, 0.4) is 0 Å².